The summed E-state index contributed by atoms with van der Waals surface area (Å²) in [6.45, 7) is 4.59. The van der Waals surface area contributed by atoms with E-state index in [1.807, 2.05) is 18.5 Å². The van der Waals surface area contributed by atoms with Crippen molar-refractivity contribution in [1.29, 1.82) is 0 Å². The molecule has 0 saturated carbocycles. The fourth-order valence-electron chi connectivity index (χ4n) is 3.68. The largest absolute Gasteiger partial charge is 0.497 e. The summed E-state index contributed by atoms with van der Waals surface area (Å²) in [5, 5.41) is 10.6. The number of nitrogens with zero attached hydrogens (tertiary/aromatic N) is 5. The van der Waals surface area contributed by atoms with Crippen molar-refractivity contribution >= 4 is 39.1 Å². The number of halogens is 5. The average Bonchev–Trinajstić information content (AvgIpc) is 3.31. The third kappa shape index (κ3) is 5.05. The van der Waals surface area contributed by atoms with Gasteiger partial charge in [-0.05, 0) is 54.4 Å². The topological polar surface area (TPSA) is 86.3 Å². The van der Waals surface area contributed by atoms with Gasteiger partial charge in [0, 0.05) is 24.3 Å². The Kier molecular flexibility index (Phi) is 7.28. The van der Waals surface area contributed by atoms with Gasteiger partial charge < -0.3 is 10.1 Å². The molecule has 4 aromatic rings. The number of hydrogen-bond donors (Lipinski definition) is 1. The van der Waals surface area contributed by atoms with Crippen LogP contribution < -0.4 is 10.1 Å². The summed E-state index contributed by atoms with van der Waals surface area (Å²) in [5.41, 5.74) is 0.490. The summed E-state index contributed by atoms with van der Waals surface area (Å²) in [6.07, 6.45) is -4.23. The van der Waals surface area contributed by atoms with E-state index in [9.17, 15) is 18.0 Å². The molecule has 0 radical (unpaired) electrons. The molecule has 36 heavy (non-hydrogen) atoms. The summed E-state index contributed by atoms with van der Waals surface area (Å²) in [7, 11) is 1.45. The van der Waals surface area contributed by atoms with Gasteiger partial charge in [-0.1, -0.05) is 23.7 Å². The molecule has 190 valence electrons. The number of aryl methyl sites for hydroxylation is 2. The third-order valence-electron chi connectivity index (χ3n) is 5.53. The fourth-order valence-corrected chi connectivity index (χ4v) is 4.21. The minimum Gasteiger partial charge on any atom is -0.497 e. The van der Waals surface area contributed by atoms with Crippen molar-refractivity contribution in [3.05, 3.63) is 62.6 Å². The first-order chi connectivity index (χ1) is 17.0. The lowest BCUT2D eigenvalue weighted by Gasteiger charge is -2.11. The molecule has 1 amide bonds. The van der Waals surface area contributed by atoms with Crippen LogP contribution in [-0.2, 0) is 12.7 Å². The number of hydrogen-bond acceptors (Lipinski definition) is 5. The van der Waals surface area contributed by atoms with E-state index in [0.717, 1.165) is 21.9 Å². The van der Waals surface area contributed by atoms with Crippen molar-refractivity contribution in [3.8, 4) is 17.0 Å². The summed E-state index contributed by atoms with van der Waals surface area (Å²) in [5.74, 6) is -0.244. The number of aromatic nitrogens is 5. The Morgan fingerprint density at radius 2 is 1.97 bits per heavy atom. The van der Waals surface area contributed by atoms with Crippen LogP contribution in [0.15, 0.2) is 34.8 Å². The predicted octanol–water partition coefficient (Wildman–Crippen LogP) is 5.47. The van der Waals surface area contributed by atoms with Gasteiger partial charge >= 0.3 is 6.18 Å². The summed E-state index contributed by atoms with van der Waals surface area (Å²) in [4.78, 5) is 17.0. The van der Waals surface area contributed by atoms with E-state index >= 15 is 0 Å². The number of ether oxygens (including phenoxy) is 1. The highest BCUT2D eigenvalue weighted by Gasteiger charge is 2.36. The molecule has 13 heteroatoms. The van der Waals surface area contributed by atoms with Gasteiger partial charge in [-0.2, -0.15) is 23.4 Å². The molecule has 1 aromatic carbocycles. The van der Waals surface area contributed by atoms with Gasteiger partial charge in [0.15, 0.2) is 17.0 Å². The number of carbonyl (C=O) groups is 1. The molecule has 0 unspecified atom stereocenters. The maximum atomic E-state index is 13.9. The number of benzene rings is 1. The smallest absolute Gasteiger partial charge is 0.433 e. The first kappa shape index (κ1) is 26.0. The second-order valence-corrected chi connectivity index (χ2v) is 9.14. The highest BCUT2D eigenvalue weighted by Crippen LogP contribution is 2.35. The lowest BCUT2D eigenvalue weighted by molar-refractivity contribution is -0.142. The maximum absolute atomic E-state index is 13.9. The van der Waals surface area contributed by atoms with E-state index in [1.54, 1.807) is 24.3 Å². The second kappa shape index (κ2) is 10.1. The minimum absolute atomic E-state index is 0.0125. The monoisotopic (exact) mass is 584 g/mol. The van der Waals surface area contributed by atoms with Crippen LogP contribution in [0.25, 0.3) is 16.9 Å². The quantitative estimate of drug-likeness (QED) is 0.291. The molecule has 0 bridgehead atoms. The fraction of sp³-hybridized carbons (Fsp3) is 0.304. The van der Waals surface area contributed by atoms with Gasteiger partial charge in [0.1, 0.15) is 10.8 Å². The van der Waals surface area contributed by atoms with Crippen LogP contribution in [-0.4, -0.2) is 43.9 Å². The Balaban J connectivity index is 1.60. The number of rotatable bonds is 7. The van der Waals surface area contributed by atoms with Crippen molar-refractivity contribution < 1.29 is 22.7 Å². The second-order valence-electron chi connectivity index (χ2n) is 7.97. The van der Waals surface area contributed by atoms with Crippen LogP contribution in [0.1, 0.15) is 34.0 Å². The van der Waals surface area contributed by atoms with Crippen molar-refractivity contribution in [2.45, 2.75) is 33.0 Å². The van der Waals surface area contributed by atoms with Gasteiger partial charge in [-0.3, -0.25) is 9.48 Å². The van der Waals surface area contributed by atoms with Crippen LogP contribution >= 0.6 is 27.5 Å². The van der Waals surface area contributed by atoms with Crippen LogP contribution in [0.2, 0.25) is 5.02 Å². The average molecular weight is 586 g/mol. The van der Waals surface area contributed by atoms with Crippen LogP contribution in [0.3, 0.4) is 0 Å². The van der Waals surface area contributed by atoms with E-state index in [0.29, 0.717) is 28.8 Å². The first-order valence-electron chi connectivity index (χ1n) is 10.8. The van der Waals surface area contributed by atoms with Crippen LogP contribution in [0, 0.1) is 13.8 Å². The van der Waals surface area contributed by atoms with Crippen molar-refractivity contribution in [1.82, 2.24) is 29.7 Å². The number of carbonyl (C=O) groups excluding carboxylic acids is 1. The zero-order valence-electron chi connectivity index (χ0n) is 19.5. The molecule has 0 fully saturated rings. The van der Waals surface area contributed by atoms with E-state index in [-0.39, 0.29) is 28.6 Å². The number of amides is 1. The highest BCUT2D eigenvalue weighted by atomic mass is 79.9. The Morgan fingerprint density at radius 3 is 2.61 bits per heavy atom. The lowest BCUT2D eigenvalue weighted by Crippen LogP contribution is -2.26. The molecule has 0 aliphatic rings. The SMILES string of the molecule is COc1cccc(-c2cc(C(F)(F)F)n3nc(C(=O)NCCCn4nc(C)c(Br)c4C)c(Cl)c3n2)c1. The molecule has 3 aromatic heterocycles. The molecule has 0 aliphatic heterocycles. The summed E-state index contributed by atoms with van der Waals surface area (Å²) >= 11 is 9.79. The number of methoxy groups -OCH3 is 1. The molecule has 0 saturated heterocycles. The van der Waals surface area contributed by atoms with Gasteiger partial charge in [-0.25, -0.2) is 9.50 Å². The zero-order chi connectivity index (χ0) is 26.2. The number of nitrogens with one attached hydrogen (secondary N) is 1. The third-order valence-corrected chi connectivity index (χ3v) is 7.02. The van der Waals surface area contributed by atoms with Crippen LogP contribution in [0.5, 0.6) is 5.75 Å². The minimum atomic E-state index is -4.77. The Labute approximate surface area is 217 Å². The van der Waals surface area contributed by atoms with E-state index in [2.05, 4.69) is 36.4 Å². The molecule has 8 nitrogen and oxygen atoms in total. The molecule has 4 rings (SSSR count). The van der Waals surface area contributed by atoms with E-state index in [4.69, 9.17) is 16.3 Å². The van der Waals surface area contributed by atoms with Gasteiger partial charge in [0.05, 0.1) is 23.0 Å². The molecular weight excluding hydrogens is 565 g/mol. The summed E-state index contributed by atoms with van der Waals surface area (Å²) in [6, 6.07) is 7.31. The number of fused-ring (bicyclic) bond motifs is 1. The zero-order valence-corrected chi connectivity index (χ0v) is 21.8. The normalized spacial score (nSPS) is 11.8. The molecule has 3 heterocycles. The Hall–Kier alpha value is -3.12. The maximum Gasteiger partial charge on any atom is 0.433 e. The van der Waals surface area contributed by atoms with Gasteiger partial charge in [-0.15, -0.1) is 0 Å². The molecule has 0 spiro atoms. The molecule has 0 atom stereocenters. The summed E-state index contributed by atoms with van der Waals surface area (Å²) < 4.78 is 50.1. The van der Waals surface area contributed by atoms with Gasteiger partial charge in [0.2, 0.25) is 0 Å². The Morgan fingerprint density at radius 1 is 1.22 bits per heavy atom. The van der Waals surface area contributed by atoms with Crippen LogP contribution in [0.4, 0.5) is 13.2 Å². The molecular formula is C23H21BrClF3N6O2. The predicted molar refractivity (Wildman–Crippen MR) is 131 cm³/mol. The van der Waals surface area contributed by atoms with E-state index < -0.39 is 17.8 Å². The molecule has 0 aliphatic carbocycles. The van der Waals surface area contributed by atoms with Crippen molar-refractivity contribution in [3.63, 3.8) is 0 Å². The van der Waals surface area contributed by atoms with Gasteiger partial charge in [0.25, 0.3) is 5.91 Å². The van der Waals surface area contributed by atoms with E-state index in [1.165, 1.54) is 7.11 Å². The highest BCUT2D eigenvalue weighted by molar-refractivity contribution is 9.10. The standard InChI is InChI=1S/C23H21BrClF3N6O2/c1-12-18(24)13(2)33(31-12)9-5-8-29-22(35)20-19(25)21-30-16(14-6-4-7-15(10-14)36-3)11-17(23(26,27)28)34(21)32-20/h4,6-7,10-11H,5,8-9H2,1-3H3,(H,29,35). The first-order valence-corrected chi connectivity index (χ1v) is 12.0. The molecule has 1 N–H and O–H groups in total. The van der Waals surface area contributed by atoms with Crippen molar-refractivity contribution in [2.75, 3.05) is 13.7 Å². The Bertz CT molecular complexity index is 1450. The number of alkyl halides is 3. The lowest BCUT2D eigenvalue weighted by atomic mass is 10.1. The van der Waals surface area contributed by atoms with Crippen molar-refractivity contribution in [2.24, 2.45) is 0 Å².